The first kappa shape index (κ1) is 53.2. The number of ether oxygens (including phenoxy) is 5. The van der Waals surface area contributed by atoms with Gasteiger partial charge in [0.25, 0.3) is 0 Å². The molecule has 10 rings (SSSR count). The molecule has 0 atom stereocenters. The second kappa shape index (κ2) is 22.0. The van der Waals surface area contributed by atoms with Crippen molar-refractivity contribution in [1.29, 1.82) is 0 Å². The SMILES string of the molecule is CCCCOC(=O)c1ccc2c3ccc(C(=O)O)c4c(C(=O)OC(=O)c5ccc6c7ccc(C(=O)OCCCC)c8c(C(=O)OCCCC)ccc(c9ccc(C(=O)O)c5c96)c87)ccc(c5ccc(C(=O)OCCCC)c1c25)c43. The quantitative estimate of drug-likeness (QED) is 0.0181. The van der Waals surface area contributed by atoms with Crippen molar-refractivity contribution in [3.05, 3.63) is 142 Å². The van der Waals surface area contributed by atoms with Crippen molar-refractivity contribution in [2.45, 2.75) is 79.1 Å². The van der Waals surface area contributed by atoms with Crippen LogP contribution in [0.5, 0.6) is 0 Å². The van der Waals surface area contributed by atoms with Crippen molar-refractivity contribution in [3.8, 4) is 0 Å². The molecular formula is C64H54O15. The minimum Gasteiger partial charge on any atom is -0.478 e. The fraction of sp³-hybridized carbons (Fsp3) is 0.250. The van der Waals surface area contributed by atoms with E-state index in [1.54, 1.807) is 72.8 Å². The number of carbonyl (C=O) groups excluding carboxylic acids is 6. The van der Waals surface area contributed by atoms with Gasteiger partial charge in [0, 0.05) is 21.5 Å². The van der Waals surface area contributed by atoms with E-state index in [0.29, 0.717) is 90.3 Å². The first-order chi connectivity index (χ1) is 38.3. The van der Waals surface area contributed by atoms with Gasteiger partial charge >= 0.3 is 47.8 Å². The molecule has 0 saturated carbocycles. The van der Waals surface area contributed by atoms with Crippen molar-refractivity contribution >= 4 is 134 Å². The standard InChI is InChI=1S/C64H54O15/c1-5-9-29-75-59(69)43-23-15-37-33-13-21-41(57(65)66)53-47(27-19-35(49(33)53)39-17-25-45(55(43)51(37)39)61(71)77-31-11-7-3)63(73)79-64(74)48-28-20-36-40-18-26-46(62(72)78-32-12-8-4)56-44(60(70)76-30-10-6-2)24-16-38(52(40)56)34-14-22-42(58(67)68)54(48)50(34)36/h13-28H,5-12,29-32H2,1-4H3,(H,65,66)(H,67,68). The molecule has 79 heavy (non-hydrogen) atoms. The molecule has 2 N–H and O–H groups in total. The molecule has 0 heterocycles. The van der Waals surface area contributed by atoms with E-state index in [0.717, 1.165) is 25.7 Å². The van der Waals surface area contributed by atoms with Gasteiger partial charge in [-0.2, -0.15) is 0 Å². The van der Waals surface area contributed by atoms with E-state index in [1.165, 1.54) is 24.3 Å². The molecule has 15 nitrogen and oxygen atoms in total. The maximum atomic E-state index is 14.7. The third-order valence-electron chi connectivity index (χ3n) is 14.7. The van der Waals surface area contributed by atoms with Crippen LogP contribution in [0.1, 0.15) is 162 Å². The Hall–Kier alpha value is -9.24. The predicted octanol–water partition coefficient (Wildman–Crippen LogP) is 14.0. The van der Waals surface area contributed by atoms with Crippen molar-refractivity contribution in [3.63, 3.8) is 0 Å². The molecule has 400 valence electrons. The number of fused-ring (bicyclic) bond motifs is 4. The molecule has 0 spiro atoms. The first-order valence-electron chi connectivity index (χ1n) is 26.6. The van der Waals surface area contributed by atoms with E-state index in [2.05, 4.69) is 0 Å². The minimum atomic E-state index is -1.39. The number of aromatic carboxylic acids is 2. The predicted molar refractivity (Wildman–Crippen MR) is 300 cm³/mol. The van der Waals surface area contributed by atoms with Crippen LogP contribution in [-0.2, 0) is 23.7 Å². The minimum absolute atomic E-state index is 0.0553. The van der Waals surface area contributed by atoms with Crippen LogP contribution in [0, 0.1) is 0 Å². The number of unbranched alkanes of at least 4 members (excludes halogenated alkanes) is 4. The van der Waals surface area contributed by atoms with Gasteiger partial charge in [0.1, 0.15) is 0 Å². The Bertz CT molecular complexity index is 3770. The second-order valence-electron chi connectivity index (χ2n) is 19.5. The lowest BCUT2D eigenvalue weighted by molar-refractivity contribution is 0.0395. The van der Waals surface area contributed by atoms with Gasteiger partial charge in [-0.25, -0.2) is 38.4 Å². The van der Waals surface area contributed by atoms with Crippen LogP contribution in [0.3, 0.4) is 0 Å². The lowest BCUT2D eigenvalue weighted by Crippen LogP contribution is -2.16. The largest absolute Gasteiger partial charge is 0.478 e. The third kappa shape index (κ3) is 9.18. The van der Waals surface area contributed by atoms with Crippen molar-refractivity contribution in [1.82, 2.24) is 0 Å². The number of rotatable bonds is 20. The van der Waals surface area contributed by atoms with E-state index in [9.17, 15) is 48.6 Å². The summed E-state index contributed by atoms with van der Waals surface area (Å²) in [6, 6.07) is 24.6. The zero-order valence-corrected chi connectivity index (χ0v) is 43.9. The molecule has 0 amide bonds. The van der Waals surface area contributed by atoms with Crippen LogP contribution in [0.2, 0.25) is 0 Å². The molecule has 10 aromatic carbocycles. The maximum absolute atomic E-state index is 14.7. The van der Waals surface area contributed by atoms with Crippen LogP contribution >= 0.6 is 0 Å². The van der Waals surface area contributed by atoms with Gasteiger partial charge in [0.05, 0.1) is 70.9 Å². The fourth-order valence-electron chi connectivity index (χ4n) is 10.9. The van der Waals surface area contributed by atoms with Crippen LogP contribution < -0.4 is 0 Å². The molecule has 15 heteroatoms. The van der Waals surface area contributed by atoms with Crippen LogP contribution in [0.15, 0.2) is 97.1 Å². The van der Waals surface area contributed by atoms with Gasteiger partial charge in [-0.05, 0) is 139 Å². The molecule has 10 aromatic rings. The van der Waals surface area contributed by atoms with E-state index in [1.807, 2.05) is 27.7 Å². The van der Waals surface area contributed by atoms with Crippen molar-refractivity contribution < 1.29 is 72.3 Å². The number of carboxylic acids is 2. The van der Waals surface area contributed by atoms with E-state index < -0.39 is 47.8 Å². The van der Waals surface area contributed by atoms with Gasteiger partial charge in [-0.1, -0.05) is 102 Å². The molecule has 0 saturated heterocycles. The van der Waals surface area contributed by atoms with Crippen LogP contribution in [0.25, 0.3) is 86.2 Å². The highest BCUT2D eigenvalue weighted by Gasteiger charge is 2.31. The number of hydrogen-bond donors (Lipinski definition) is 2. The van der Waals surface area contributed by atoms with E-state index >= 15 is 0 Å². The summed E-state index contributed by atoms with van der Waals surface area (Å²) in [5, 5.41) is 27.4. The monoisotopic (exact) mass is 1060 g/mol. The van der Waals surface area contributed by atoms with Gasteiger partial charge in [-0.15, -0.1) is 0 Å². The van der Waals surface area contributed by atoms with Gasteiger partial charge < -0.3 is 33.9 Å². The number of hydrogen-bond acceptors (Lipinski definition) is 13. The summed E-state index contributed by atoms with van der Waals surface area (Å²) in [6.45, 7) is 8.49. The Balaban J connectivity index is 1.13. The number of benzene rings is 10. The number of carbonyl (C=O) groups is 8. The molecule has 0 aliphatic rings. The Labute approximate surface area is 451 Å². The zero-order chi connectivity index (χ0) is 55.8. The Morgan fingerprint density at radius 3 is 0.671 bits per heavy atom. The van der Waals surface area contributed by atoms with Gasteiger partial charge in [-0.3, -0.25) is 0 Å². The molecule has 0 aliphatic heterocycles. The van der Waals surface area contributed by atoms with Gasteiger partial charge in [0.2, 0.25) is 0 Å². The summed E-state index contributed by atoms with van der Waals surface area (Å²) in [5.41, 5.74) is -0.612. The second-order valence-corrected chi connectivity index (χ2v) is 19.5. The molecule has 0 unspecified atom stereocenters. The normalized spacial score (nSPS) is 11.6. The van der Waals surface area contributed by atoms with E-state index in [4.69, 9.17) is 23.7 Å². The summed E-state index contributed by atoms with van der Waals surface area (Å²) >= 11 is 0. The number of carboxylic acid groups (broad SMARTS) is 2. The van der Waals surface area contributed by atoms with Crippen molar-refractivity contribution in [2.75, 3.05) is 26.4 Å². The molecule has 0 radical (unpaired) electrons. The molecule has 0 fully saturated rings. The molecular weight excluding hydrogens is 1010 g/mol. The summed E-state index contributed by atoms with van der Waals surface area (Å²) < 4.78 is 28.3. The Morgan fingerprint density at radius 2 is 0.468 bits per heavy atom. The smallest absolute Gasteiger partial charge is 0.346 e. The maximum Gasteiger partial charge on any atom is 0.346 e. The summed E-state index contributed by atoms with van der Waals surface area (Å²) in [4.78, 5) is 111. The first-order valence-corrected chi connectivity index (χ1v) is 26.6. The average molecular weight is 1060 g/mol. The summed E-state index contributed by atoms with van der Waals surface area (Å²) in [7, 11) is 0. The van der Waals surface area contributed by atoms with Gasteiger partial charge in [0.15, 0.2) is 0 Å². The third-order valence-corrected chi connectivity index (χ3v) is 14.7. The van der Waals surface area contributed by atoms with Crippen LogP contribution in [-0.4, -0.2) is 84.4 Å². The highest BCUT2D eigenvalue weighted by molar-refractivity contribution is 6.40. The zero-order valence-electron chi connectivity index (χ0n) is 43.9. The molecule has 0 aromatic heterocycles. The highest BCUT2D eigenvalue weighted by atomic mass is 16.6. The fourth-order valence-corrected chi connectivity index (χ4v) is 10.9. The molecule has 0 bridgehead atoms. The summed E-state index contributed by atoms with van der Waals surface area (Å²) in [6.07, 6.45) is 5.62. The Kier molecular flexibility index (Phi) is 14.8. The number of esters is 6. The van der Waals surface area contributed by atoms with Crippen LogP contribution in [0.4, 0.5) is 0 Å². The summed E-state index contributed by atoms with van der Waals surface area (Å²) in [5.74, 6) is -7.80. The van der Waals surface area contributed by atoms with E-state index in [-0.39, 0.29) is 92.5 Å². The van der Waals surface area contributed by atoms with Crippen molar-refractivity contribution in [2.24, 2.45) is 0 Å². The molecule has 0 aliphatic carbocycles. The lowest BCUT2D eigenvalue weighted by Gasteiger charge is -2.20. The topological polar surface area (TPSA) is 223 Å². The lowest BCUT2D eigenvalue weighted by atomic mass is 9.84. The average Bonchev–Trinajstić information content (AvgIpc) is 3.61. The Morgan fingerprint density at radius 1 is 0.278 bits per heavy atom. The highest BCUT2D eigenvalue weighted by Crippen LogP contribution is 2.47.